The predicted octanol–water partition coefficient (Wildman–Crippen LogP) is 3.05. The summed E-state index contributed by atoms with van der Waals surface area (Å²) in [4.78, 5) is 24.8. The minimum Gasteiger partial charge on any atom is -0.481 e. The number of carboxylic acids is 1. The molecule has 0 bridgehead atoms. The first-order valence-electron chi connectivity index (χ1n) is 9.07. The second kappa shape index (κ2) is 8.00. The van der Waals surface area contributed by atoms with Crippen molar-refractivity contribution in [2.75, 3.05) is 19.8 Å². The topological polar surface area (TPSA) is 75.6 Å². The van der Waals surface area contributed by atoms with E-state index in [1.165, 1.54) is 0 Å². The smallest absolute Gasteiger partial charge is 0.311 e. The monoisotopic (exact) mass is 347 g/mol. The number of carbonyl (C=O) groups excluding carboxylic acids is 1. The molecule has 1 aliphatic heterocycles. The molecule has 0 spiro atoms. The van der Waals surface area contributed by atoms with Crippen molar-refractivity contribution in [2.24, 2.45) is 5.41 Å². The van der Waals surface area contributed by atoms with Crippen LogP contribution in [0.25, 0.3) is 0 Å². The van der Waals surface area contributed by atoms with E-state index in [4.69, 9.17) is 4.74 Å². The van der Waals surface area contributed by atoms with Gasteiger partial charge in [0.05, 0.1) is 10.8 Å². The van der Waals surface area contributed by atoms with Crippen LogP contribution >= 0.6 is 0 Å². The lowest BCUT2D eigenvalue weighted by Gasteiger charge is -2.37. The zero-order chi connectivity index (χ0) is 18.5. The van der Waals surface area contributed by atoms with Crippen LogP contribution in [0.5, 0.6) is 0 Å². The zero-order valence-corrected chi connectivity index (χ0v) is 15.4. The Morgan fingerprint density at radius 3 is 2.20 bits per heavy atom. The SMILES string of the molecule is CCC(CC)(CNC(=O)C1(c2ccc(C)cc2)CCOCC1)C(=O)O. The fourth-order valence-electron chi connectivity index (χ4n) is 3.54. The lowest BCUT2D eigenvalue weighted by molar-refractivity contribution is -0.149. The molecule has 2 N–H and O–H groups in total. The number of aryl methyl sites for hydroxylation is 1. The Balaban J connectivity index is 2.25. The maximum atomic E-state index is 13.1. The molecule has 1 aromatic carbocycles. The Bertz CT molecular complexity index is 599. The molecule has 2 rings (SSSR count). The van der Waals surface area contributed by atoms with Crippen LogP contribution < -0.4 is 5.32 Å². The number of ether oxygens (including phenoxy) is 1. The Labute approximate surface area is 149 Å². The minimum atomic E-state index is -0.907. The largest absolute Gasteiger partial charge is 0.481 e. The van der Waals surface area contributed by atoms with Gasteiger partial charge >= 0.3 is 5.97 Å². The zero-order valence-electron chi connectivity index (χ0n) is 15.4. The van der Waals surface area contributed by atoms with Gasteiger partial charge in [-0.3, -0.25) is 9.59 Å². The van der Waals surface area contributed by atoms with Gasteiger partial charge in [0.25, 0.3) is 0 Å². The van der Waals surface area contributed by atoms with Gasteiger partial charge in [0, 0.05) is 19.8 Å². The maximum Gasteiger partial charge on any atom is 0.311 e. The van der Waals surface area contributed by atoms with Crippen LogP contribution in [0.3, 0.4) is 0 Å². The van der Waals surface area contributed by atoms with E-state index >= 15 is 0 Å². The molecule has 1 fully saturated rings. The number of amides is 1. The van der Waals surface area contributed by atoms with Crippen LogP contribution in [-0.2, 0) is 19.7 Å². The molecule has 0 unspecified atom stereocenters. The molecule has 1 amide bonds. The number of aliphatic carboxylic acids is 1. The van der Waals surface area contributed by atoms with E-state index in [-0.39, 0.29) is 12.5 Å². The molecule has 1 heterocycles. The molecule has 1 aromatic rings. The normalized spacial score (nSPS) is 17.1. The summed E-state index contributed by atoms with van der Waals surface area (Å²) in [6.45, 7) is 6.95. The molecule has 138 valence electrons. The highest BCUT2D eigenvalue weighted by Crippen LogP contribution is 2.36. The van der Waals surface area contributed by atoms with Crippen molar-refractivity contribution in [1.82, 2.24) is 5.32 Å². The van der Waals surface area contributed by atoms with Gasteiger partial charge in [-0.05, 0) is 38.2 Å². The van der Waals surface area contributed by atoms with Gasteiger partial charge in [0.15, 0.2) is 0 Å². The fraction of sp³-hybridized carbons (Fsp3) is 0.600. The van der Waals surface area contributed by atoms with Gasteiger partial charge in [-0.15, -0.1) is 0 Å². The number of hydrogen-bond acceptors (Lipinski definition) is 3. The Kier molecular flexibility index (Phi) is 6.22. The molecule has 25 heavy (non-hydrogen) atoms. The Morgan fingerprint density at radius 2 is 1.72 bits per heavy atom. The van der Waals surface area contributed by atoms with Crippen LogP contribution in [-0.4, -0.2) is 36.7 Å². The summed E-state index contributed by atoms with van der Waals surface area (Å²) >= 11 is 0. The first kappa shape index (κ1) is 19.4. The molecular weight excluding hydrogens is 318 g/mol. The summed E-state index contributed by atoms with van der Waals surface area (Å²) in [7, 11) is 0. The second-order valence-corrected chi connectivity index (χ2v) is 7.04. The second-order valence-electron chi connectivity index (χ2n) is 7.04. The molecule has 1 saturated heterocycles. The van der Waals surface area contributed by atoms with E-state index in [2.05, 4.69) is 5.32 Å². The van der Waals surface area contributed by atoms with Crippen LogP contribution in [0, 0.1) is 12.3 Å². The third-order valence-electron chi connectivity index (χ3n) is 5.78. The third kappa shape index (κ3) is 3.87. The van der Waals surface area contributed by atoms with Crippen molar-refractivity contribution < 1.29 is 19.4 Å². The molecule has 0 atom stereocenters. The van der Waals surface area contributed by atoms with E-state index in [1.54, 1.807) is 0 Å². The first-order valence-corrected chi connectivity index (χ1v) is 9.07. The van der Waals surface area contributed by atoms with E-state index in [9.17, 15) is 14.7 Å². The van der Waals surface area contributed by atoms with Gasteiger partial charge in [-0.25, -0.2) is 0 Å². The van der Waals surface area contributed by atoms with Gasteiger partial charge in [0.1, 0.15) is 0 Å². The van der Waals surface area contributed by atoms with E-state index in [0.29, 0.717) is 38.9 Å². The highest BCUT2D eigenvalue weighted by Gasteiger charge is 2.43. The summed E-state index contributed by atoms with van der Waals surface area (Å²) < 4.78 is 5.47. The van der Waals surface area contributed by atoms with Crippen LogP contribution in [0.4, 0.5) is 0 Å². The van der Waals surface area contributed by atoms with Crippen LogP contribution in [0.2, 0.25) is 0 Å². The maximum absolute atomic E-state index is 13.1. The number of carboxylic acid groups (broad SMARTS) is 1. The van der Waals surface area contributed by atoms with Gasteiger partial charge in [-0.1, -0.05) is 43.7 Å². The number of rotatable bonds is 7. The summed E-state index contributed by atoms with van der Waals surface area (Å²) in [5.41, 5.74) is 0.577. The number of benzene rings is 1. The predicted molar refractivity (Wildman–Crippen MR) is 96.6 cm³/mol. The summed E-state index contributed by atoms with van der Waals surface area (Å²) in [5, 5.41) is 12.5. The highest BCUT2D eigenvalue weighted by molar-refractivity contribution is 5.89. The third-order valence-corrected chi connectivity index (χ3v) is 5.78. The van der Waals surface area contributed by atoms with Crippen molar-refractivity contribution in [3.63, 3.8) is 0 Å². The average molecular weight is 347 g/mol. The van der Waals surface area contributed by atoms with Crippen molar-refractivity contribution in [3.05, 3.63) is 35.4 Å². The van der Waals surface area contributed by atoms with Crippen molar-refractivity contribution in [2.45, 2.75) is 51.9 Å². The van der Waals surface area contributed by atoms with Gasteiger partial charge in [-0.2, -0.15) is 0 Å². The lowest BCUT2D eigenvalue weighted by atomic mass is 9.72. The fourth-order valence-corrected chi connectivity index (χ4v) is 3.54. The molecular formula is C20H29NO4. The number of hydrogen-bond donors (Lipinski definition) is 2. The van der Waals surface area contributed by atoms with E-state index in [0.717, 1.165) is 11.1 Å². The molecule has 0 radical (unpaired) electrons. The minimum absolute atomic E-state index is 0.0906. The Morgan fingerprint density at radius 1 is 1.16 bits per heavy atom. The van der Waals surface area contributed by atoms with E-state index in [1.807, 2.05) is 45.0 Å². The molecule has 1 aliphatic rings. The number of carbonyl (C=O) groups is 2. The molecule has 0 aromatic heterocycles. The highest BCUT2D eigenvalue weighted by atomic mass is 16.5. The Hall–Kier alpha value is -1.88. The van der Waals surface area contributed by atoms with Gasteiger partial charge in [0.2, 0.25) is 5.91 Å². The van der Waals surface area contributed by atoms with Gasteiger partial charge < -0.3 is 15.2 Å². The van der Waals surface area contributed by atoms with Crippen molar-refractivity contribution in [3.8, 4) is 0 Å². The van der Waals surface area contributed by atoms with Crippen molar-refractivity contribution in [1.29, 1.82) is 0 Å². The average Bonchev–Trinajstić information content (AvgIpc) is 2.63. The molecule has 0 aliphatic carbocycles. The van der Waals surface area contributed by atoms with Crippen LogP contribution in [0.15, 0.2) is 24.3 Å². The van der Waals surface area contributed by atoms with Crippen molar-refractivity contribution >= 4 is 11.9 Å². The molecule has 5 nitrogen and oxygen atoms in total. The summed E-state index contributed by atoms with van der Waals surface area (Å²) in [5.74, 6) is -0.943. The van der Waals surface area contributed by atoms with Crippen LogP contribution in [0.1, 0.15) is 50.7 Å². The summed E-state index contributed by atoms with van der Waals surface area (Å²) in [6.07, 6.45) is 2.19. The summed E-state index contributed by atoms with van der Waals surface area (Å²) in [6, 6.07) is 8.04. The molecule has 5 heteroatoms. The standard InChI is InChI=1S/C20H29NO4/c1-4-19(5-2,18(23)24)14-21-17(22)20(10-12-25-13-11-20)16-8-6-15(3)7-9-16/h6-9H,4-5,10-14H2,1-3H3,(H,21,22)(H,23,24). The number of nitrogens with one attached hydrogen (secondary N) is 1. The lowest BCUT2D eigenvalue weighted by Crippen LogP contribution is -2.51. The van der Waals surface area contributed by atoms with E-state index < -0.39 is 16.8 Å². The first-order chi connectivity index (χ1) is 11.9. The molecule has 0 saturated carbocycles. The quantitative estimate of drug-likeness (QED) is 0.795.